The van der Waals surface area contributed by atoms with Gasteiger partial charge in [-0.1, -0.05) is 41.4 Å². The summed E-state index contributed by atoms with van der Waals surface area (Å²) >= 11 is 5.88. The topological polar surface area (TPSA) is 62.7 Å². The summed E-state index contributed by atoms with van der Waals surface area (Å²) < 4.78 is 0. The molecule has 0 saturated carbocycles. The van der Waals surface area contributed by atoms with Crippen LogP contribution in [0.2, 0.25) is 5.02 Å². The molecule has 0 saturated heterocycles. The van der Waals surface area contributed by atoms with Gasteiger partial charge in [0.25, 0.3) is 0 Å². The number of nitrogens with zero attached hydrogens (tertiary/aromatic N) is 3. The highest BCUT2D eigenvalue weighted by molar-refractivity contribution is 6.30. The third kappa shape index (κ3) is 4.67. The molecule has 3 rings (SSSR count). The second kappa shape index (κ2) is 7.75. The van der Waals surface area contributed by atoms with Crippen molar-refractivity contribution >= 4 is 29.1 Å². The average molecular weight is 340 g/mol. The summed E-state index contributed by atoms with van der Waals surface area (Å²) in [5, 5.41) is 15.1. The largest absolute Gasteiger partial charge is 0.353 e. The summed E-state index contributed by atoms with van der Waals surface area (Å²) in [7, 11) is 0. The number of nitrogens with one attached hydrogen (secondary N) is 2. The zero-order valence-electron chi connectivity index (χ0n) is 13.3. The minimum atomic E-state index is 0.501. The van der Waals surface area contributed by atoms with Gasteiger partial charge in [-0.05, 0) is 43.2 Å². The molecule has 0 unspecified atom stereocenters. The van der Waals surface area contributed by atoms with Crippen LogP contribution in [-0.2, 0) is 6.42 Å². The standard InChI is InChI=1S/C18H18ClN5/c1-13-2-8-16(9-3-13)22-17-12-21-24-18(23-17)20-11-10-14-4-6-15(19)7-5-14/h2-9,12H,10-11H2,1H3,(H2,20,22,23,24). The Balaban J connectivity index is 1.56. The molecular weight excluding hydrogens is 322 g/mol. The summed E-state index contributed by atoms with van der Waals surface area (Å²) in [5.74, 6) is 1.16. The normalized spacial score (nSPS) is 10.4. The maximum atomic E-state index is 5.88. The summed E-state index contributed by atoms with van der Waals surface area (Å²) in [6, 6.07) is 15.9. The quantitative estimate of drug-likeness (QED) is 0.703. The maximum Gasteiger partial charge on any atom is 0.244 e. The number of aromatic nitrogens is 3. The van der Waals surface area contributed by atoms with Gasteiger partial charge in [0.05, 0.1) is 6.20 Å². The Kier molecular flexibility index (Phi) is 5.23. The van der Waals surface area contributed by atoms with E-state index in [0.717, 1.165) is 23.7 Å². The average Bonchev–Trinajstić information content (AvgIpc) is 2.59. The van der Waals surface area contributed by atoms with Crippen LogP contribution in [-0.4, -0.2) is 21.7 Å². The number of aryl methyl sites for hydroxylation is 1. The Morgan fingerprint density at radius 3 is 2.50 bits per heavy atom. The molecule has 0 radical (unpaired) electrons. The molecule has 5 nitrogen and oxygen atoms in total. The van der Waals surface area contributed by atoms with Crippen molar-refractivity contribution in [3.63, 3.8) is 0 Å². The Labute approximate surface area is 146 Å². The van der Waals surface area contributed by atoms with E-state index in [4.69, 9.17) is 11.6 Å². The van der Waals surface area contributed by atoms with Crippen molar-refractivity contribution in [2.75, 3.05) is 17.2 Å². The molecule has 2 N–H and O–H groups in total. The molecule has 1 aromatic heterocycles. The van der Waals surface area contributed by atoms with Gasteiger partial charge >= 0.3 is 0 Å². The molecule has 0 amide bonds. The molecule has 2 aromatic carbocycles. The highest BCUT2D eigenvalue weighted by atomic mass is 35.5. The van der Waals surface area contributed by atoms with Crippen molar-refractivity contribution in [1.82, 2.24) is 15.2 Å². The van der Waals surface area contributed by atoms with Crippen LogP contribution in [0, 0.1) is 6.92 Å². The van der Waals surface area contributed by atoms with E-state index < -0.39 is 0 Å². The van der Waals surface area contributed by atoms with Gasteiger partial charge in [0.1, 0.15) is 0 Å². The number of hydrogen-bond donors (Lipinski definition) is 2. The van der Waals surface area contributed by atoms with Crippen LogP contribution < -0.4 is 10.6 Å². The molecule has 24 heavy (non-hydrogen) atoms. The highest BCUT2D eigenvalue weighted by Crippen LogP contribution is 2.15. The minimum Gasteiger partial charge on any atom is -0.353 e. The number of rotatable bonds is 6. The van der Waals surface area contributed by atoms with Gasteiger partial charge in [-0.2, -0.15) is 10.1 Å². The molecule has 1 heterocycles. The van der Waals surface area contributed by atoms with Crippen molar-refractivity contribution in [3.8, 4) is 0 Å². The lowest BCUT2D eigenvalue weighted by molar-refractivity contribution is 0.929. The number of anilines is 3. The van der Waals surface area contributed by atoms with E-state index in [0.29, 0.717) is 11.8 Å². The first-order valence-electron chi connectivity index (χ1n) is 7.71. The van der Waals surface area contributed by atoms with Crippen LogP contribution in [0.4, 0.5) is 17.5 Å². The predicted octanol–water partition coefficient (Wildman–Crippen LogP) is 4.23. The zero-order chi connectivity index (χ0) is 16.8. The van der Waals surface area contributed by atoms with E-state index in [1.165, 1.54) is 11.1 Å². The maximum absolute atomic E-state index is 5.88. The van der Waals surface area contributed by atoms with E-state index >= 15 is 0 Å². The summed E-state index contributed by atoms with van der Waals surface area (Å²) in [4.78, 5) is 4.42. The van der Waals surface area contributed by atoms with Gasteiger partial charge in [-0.15, -0.1) is 5.10 Å². The van der Waals surface area contributed by atoms with Crippen LogP contribution in [0.15, 0.2) is 54.7 Å². The van der Waals surface area contributed by atoms with Crippen molar-refractivity contribution in [1.29, 1.82) is 0 Å². The van der Waals surface area contributed by atoms with Crippen molar-refractivity contribution in [2.24, 2.45) is 0 Å². The van der Waals surface area contributed by atoms with Gasteiger partial charge in [-0.3, -0.25) is 0 Å². The minimum absolute atomic E-state index is 0.501. The molecule has 0 fully saturated rings. The van der Waals surface area contributed by atoms with Crippen LogP contribution >= 0.6 is 11.6 Å². The molecule has 6 heteroatoms. The van der Waals surface area contributed by atoms with Gasteiger partial charge in [-0.25, -0.2) is 0 Å². The lowest BCUT2D eigenvalue weighted by atomic mass is 10.1. The fourth-order valence-corrected chi connectivity index (χ4v) is 2.32. The second-order valence-corrected chi connectivity index (χ2v) is 5.90. The fourth-order valence-electron chi connectivity index (χ4n) is 2.19. The van der Waals surface area contributed by atoms with Crippen LogP contribution in [0.25, 0.3) is 0 Å². The highest BCUT2D eigenvalue weighted by Gasteiger charge is 2.01. The fraction of sp³-hybridized carbons (Fsp3) is 0.167. The Bertz CT molecular complexity index is 787. The van der Waals surface area contributed by atoms with Crippen molar-refractivity contribution < 1.29 is 0 Å². The molecule has 122 valence electrons. The van der Waals surface area contributed by atoms with E-state index in [-0.39, 0.29) is 0 Å². The molecule has 0 bridgehead atoms. The van der Waals surface area contributed by atoms with Gasteiger partial charge in [0, 0.05) is 17.3 Å². The van der Waals surface area contributed by atoms with Crippen LogP contribution in [0.5, 0.6) is 0 Å². The first-order chi connectivity index (χ1) is 11.7. The van der Waals surface area contributed by atoms with Crippen molar-refractivity contribution in [2.45, 2.75) is 13.3 Å². The molecule has 0 aliphatic heterocycles. The Morgan fingerprint density at radius 1 is 1.00 bits per heavy atom. The summed E-state index contributed by atoms with van der Waals surface area (Å²) in [5.41, 5.74) is 3.38. The molecule has 0 aliphatic carbocycles. The van der Waals surface area contributed by atoms with Gasteiger partial charge in [0.2, 0.25) is 5.95 Å². The van der Waals surface area contributed by atoms with E-state index in [2.05, 4.69) is 32.7 Å². The molecular formula is C18H18ClN5. The SMILES string of the molecule is Cc1ccc(Nc2cnnc(NCCc3ccc(Cl)cc3)n2)cc1. The van der Waals surface area contributed by atoms with Gasteiger partial charge in [0.15, 0.2) is 5.82 Å². The summed E-state index contributed by atoms with van der Waals surface area (Å²) in [6.07, 6.45) is 2.46. The lowest BCUT2D eigenvalue weighted by Crippen LogP contribution is -2.09. The van der Waals surface area contributed by atoms with E-state index in [1.807, 2.05) is 48.5 Å². The lowest BCUT2D eigenvalue weighted by Gasteiger charge is -2.08. The van der Waals surface area contributed by atoms with Crippen LogP contribution in [0.3, 0.4) is 0 Å². The third-order valence-electron chi connectivity index (χ3n) is 3.49. The molecule has 0 aliphatic rings. The van der Waals surface area contributed by atoms with E-state index in [9.17, 15) is 0 Å². The first-order valence-corrected chi connectivity index (χ1v) is 8.08. The molecule has 0 spiro atoms. The Morgan fingerprint density at radius 2 is 1.75 bits per heavy atom. The number of benzene rings is 2. The molecule has 0 atom stereocenters. The smallest absolute Gasteiger partial charge is 0.244 e. The molecule has 3 aromatic rings. The number of halogens is 1. The third-order valence-corrected chi connectivity index (χ3v) is 3.74. The van der Waals surface area contributed by atoms with Crippen molar-refractivity contribution in [3.05, 3.63) is 70.9 Å². The first kappa shape index (κ1) is 16.2. The van der Waals surface area contributed by atoms with Gasteiger partial charge < -0.3 is 10.6 Å². The van der Waals surface area contributed by atoms with Crippen LogP contribution in [0.1, 0.15) is 11.1 Å². The Hall–Kier alpha value is -2.66. The van der Waals surface area contributed by atoms with E-state index in [1.54, 1.807) is 6.20 Å². The monoisotopic (exact) mass is 339 g/mol. The zero-order valence-corrected chi connectivity index (χ0v) is 14.1. The number of hydrogen-bond acceptors (Lipinski definition) is 5. The summed E-state index contributed by atoms with van der Waals surface area (Å²) in [6.45, 7) is 2.77. The second-order valence-electron chi connectivity index (χ2n) is 5.46. The predicted molar refractivity (Wildman–Crippen MR) is 97.9 cm³/mol.